The van der Waals surface area contributed by atoms with Crippen LogP contribution in [0.2, 0.25) is 0 Å². The Hall–Kier alpha value is -2.59. The van der Waals surface area contributed by atoms with Crippen LogP contribution in [0, 0.1) is 17.2 Å². The average Bonchev–Trinajstić information content (AvgIpc) is 2.90. The number of amides is 1. The molecule has 5 N–H and O–H groups in total. The van der Waals surface area contributed by atoms with Crippen LogP contribution in [-0.4, -0.2) is 86.0 Å². The number of piperidine rings is 2. The number of alkyl halides is 2. The van der Waals surface area contributed by atoms with Crippen LogP contribution in [0.1, 0.15) is 45.4 Å². The Morgan fingerprint density at radius 2 is 2.05 bits per heavy atom. The Labute approximate surface area is 218 Å². The summed E-state index contributed by atoms with van der Waals surface area (Å²) in [6.07, 6.45) is 6.79. The summed E-state index contributed by atoms with van der Waals surface area (Å²) in [5.41, 5.74) is 8.62. The molecule has 4 aliphatic rings. The zero-order chi connectivity index (χ0) is 26.5. The van der Waals surface area contributed by atoms with Crippen molar-refractivity contribution in [2.24, 2.45) is 22.6 Å². The van der Waals surface area contributed by atoms with Gasteiger partial charge >= 0.3 is 0 Å². The van der Waals surface area contributed by atoms with E-state index in [1.165, 1.54) is 12.4 Å². The van der Waals surface area contributed by atoms with Crippen molar-refractivity contribution in [1.82, 2.24) is 20.4 Å². The molecule has 10 heteroatoms. The number of hydrogen-bond acceptors (Lipinski definition) is 6. The van der Waals surface area contributed by atoms with Gasteiger partial charge in [0.2, 0.25) is 12.3 Å². The number of amidine groups is 1. The molecule has 4 rings (SSSR count). The molecule has 0 radical (unpaired) electrons. The molecule has 0 aromatic heterocycles. The van der Waals surface area contributed by atoms with E-state index in [-0.39, 0.29) is 24.3 Å². The fourth-order valence-electron chi connectivity index (χ4n) is 6.24. The third-order valence-electron chi connectivity index (χ3n) is 8.24. The lowest BCUT2D eigenvalue weighted by atomic mass is 9.79. The highest BCUT2D eigenvalue weighted by atomic mass is 19.3. The second-order valence-corrected chi connectivity index (χ2v) is 10.5. The van der Waals surface area contributed by atoms with Crippen molar-refractivity contribution in [3.63, 3.8) is 0 Å². The van der Waals surface area contributed by atoms with Crippen LogP contribution in [0.5, 0.6) is 0 Å². The topological polar surface area (TPSA) is 110 Å². The Kier molecular flexibility index (Phi) is 9.13. The maximum Gasteiger partial charge on any atom is 0.245 e. The van der Waals surface area contributed by atoms with Gasteiger partial charge < -0.3 is 26.2 Å². The first-order valence-corrected chi connectivity index (χ1v) is 13.5. The average molecular weight is 518 g/mol. The molecule has 0 aromatic carbocycles. The number of hydrogen-bond donors (Lipinski definition) is 4. The molecule has 0 aromatic rings. The molecule has 8 nitrogen and oxygen atoms in total. The number of likely N-dealkylation sites (tertiary alicyclic amines) is 1. The van der Waals surface area contributed by atoms with Gasteiger partial charge in [0.25, 0.3) is 0 Å². The second kappa shape index (κ2) is 12.3. The summed E-state index contributed by atoms with van der Waals surface area (Å²) in [6, 6.07) is 0.456. The van der Waals surface area contributed by atoms with Crippen molar-refractivity contribution < 1.29 is 13.6 Å². The number of carbonyl (C=O) groups is 1. The van der Waals surface area contributed by atoms with E-state index in [9.17, 15) is 19.0 Å². The maximum atomic E-state index is 14.3. The molecule has 3 unspecified atom stereocenters. The molecule has 3 heterocycles. The molecule has 0 bridgehead atoms. The summed E-state index contributed by atoms with van der Waals surface area (Å²) in [5, 5.41) is 16.5. The van der Waals surface area contributed by atoms with E-state index in [2.05, 4.69) is 15.6 Å². The Morgan fingerprint density at radius 1 is 1.30 bits per heavy atom. The lowest BCUT2D eigenvalue weighted by Gasteiger charge is -2.45. The van der Waals surface area contributed by atoms with Gasteiger partial charge in [0.05, 0.1) is 5.92 Å². The van der Waals surface area contributed by atoms with Gasteiger partial charge in [-0.15, -0.1) is 0 Å². The molecular formula is C27H41F2N7O. The second-order valence-electron chi connectivity index (χ2n) is 10.5. The number of nitrogens with zero attached hydrogens (tertiary/aromatic N) is 3. The number of halogens is 2. The van der Waals surface area contributed by atoms with Crippen LogP contribution in [0.15, 0.2) is 39.7 Å². The summed E-state index contributed by atoms with van der Waals surface area (Å²) in [7, 11) is 1.60. The number of aliphatic imine (C=N–C) groups is 1. The summed E-state index contributed by atoms with van der Waals surface area (Å²) < 4.78 is 28.6. The van der Waals surface area contributed by atoms with Gasteiger partial charge in [-0.2, -0.15) is 0 Å². The molecule has 3 aliphatic heterocycles. The third-order valence-corrected chi connectivity index (χ3v) is 8.24. The van der Waals surface area contributed by atoms with E-state index < -0.39 is 12.3 Å². The fraction of sp³-hybridized carbons (Fsp3) is 0.667. The Balaban J connectivity index is 1.63. The van der Waals surface area contributed by atoms with Crippen LogP contribution in [0.25, 0.3) is 0 Å². The highest BCUT2D eigenvalue weighted by molar-refractivity contribution is 5.87. The molecule has 0 spiro atoms. The SMILES string of the molecule is CN=CC(=CN)C1=CC2=C(CC1C(F)F)N(C(=N)C1CN(C(C)=O)CCC1NC1CCNCC1)CCC2. The van der Waals surface area contributed by atoms with Crippen LogP contribution in [-0.2, 0) is 4.79 Å². The monoisotopic (exact) mass is 517 g/mol. The third kappa shape index (κ3) is 6.12. The summed E-state index contributed by atoms with van der Waals surface area (Å²) in [6.45, 7) is 5.29. The van der Waals surface area contributed by atoms with E-state index in [0.29, 0.717) is 42.7 Å². The molecular weight excluding hydrogens is 476 g/mol. The maximum absolute atomic E-state index is 14.3. The largest absolute Gasteiger partial charge is 0.404 e. The predicted octanol–water partition coefficient (Wildman–Crippen LogP) is 2.65. The van der Waals surface area contributed by atoms with Crippen LogP contribution < -0.4 is 16.4 Å². The normalized spacial score (nSPS) is 28.1. The number of carbonyl (C=O) groups excluding carboxylic acids is 1. The number of rotatable bonds is 6. The van der Waals surface area contributed by atoms with E-state index in [1.54, 1.807) is 14.0 Å². The first-order chi connectivity index (χ1) is 17.8. The molecule has 37 heavy (non-hydrogen) atoms. The van der Waals surface area contributed by atoms with E-state index in [4.69, 9.17) is 5.73 Å². The smallest absolute Gasteiger partial charge is 0.245 e. The van der Waals surface area contributed by atoms with Crippen molar-refractivity contribution in [3.05, 3.63) is 34.7 Å². The quantitative estimate of drug-likeness (QED) is 0.320. The predicted molar refractivity (Wildman–Crippen MR) is 143 cm³/mol. The van der Waals surface area contributed by atoms with Gasteiger partial charge in [0.1, 0.15) is 5.84 Å². The number of nitrogens with two attached hydrogens (primary N) is 1. The molecule has 0 saturated carbocycles. The van der Waals surface area contributed by atoms with Crippen molar-refractivity contribution in [2.45, 2.75) is 64.0 Å². The minimum absolute atomic E-state index is 0.0124. The van der Waals surface area contributed by atoms with Crippen molar-refractivity contribution in [2.75, 3.05) is 39.8 Å². The highest BCUT2D eigenvalue weighted by Crippen LogP contribution is 2.41. The minimum Gasteiger partial charge on any atom is -0.404 e. The number of allylic oxidation sites excluding steroid dienone is 5. The van der Waals surface area contributed by atoms with Gasteiger partial charge in [-0.05, 0) is 56.3 Å². The first-order valence-electron chi connectivity index (χ1n) is 13.5. The first kappa shape index (κ1) is 27.4. The Bertz CT molecular complexity index is 983. The molecule has 2 fully saturated rings. The summed E-state index contributed by atoms with van der Waals surface area (Å²) >= 11 is 0. The van der Waals surface area contributed by atoms with Crippen LogP contribution in [0.4, 0.5) is 8.78 Å². The summed E-state index contributed by atoms with van der Waals surface area (Å²) in [4.78, 5) is 20.0. The zero-order valence-corrected chi connectivity index (χ0v) is 22.0. The minimum atomic E-state index is -2.56. The van der Waals surface area contributed by atoms with Gasteiger partial charge in [-0.1, -0.05) is 6.08 Å². The zero-order valence-electron chi connectivity index (χ0n) is 22.0. The Morgan fingerprint density at radius 3 is 2.70 bits per heavy atom. The standard InChI is InChI=1S/C27H41F2N7O/c1-17(37)35-11-7-24(34-20-5-8-33-9-6-20)23(16-35)27(31)36-10-3-4-18-12-21(19(14-30)15-32-2)22(26(28)29)13-25(18)36/h12,14-15,20,22-24,26,31,33-34H,3-11,13,16,30H2,1-2H3. The van der Waals surface area contributed by atoms with E-state index >= 15 is 0 Å². The summed E-state index contributed by atoms with van der Waals surface area (Å²) in [5.74, 6) is -0.761. The van der Waals surface area contributed by atoms with Gasteiger partial charge in [0.15, 0.2) is 0 Å². The van der Waals surface area contributed by atoms with Crippen molar-refractivity contribution >= 4 is 18.0 Å². The molecule has 1 aliphatic carbocycles. The fourth-order valence-corrected chi connectivity index (χ4v) is 6.24. The lowest BCUT2D eigenvalue weighted by Crippen LogP contribution is -2.58. The molecule has 1 amide bonds. The molecule has 3 atom stereocenters. The van der Waals surface area contributed by atoms with E-state index in [0.717, 1.165) is 56.5 Å². The van der Waals surface area contributed by atoms with Crippen LogP contribution >= 0.6 is 0 Å². The van der Waals surface area contributed by atoms with Gasteiger partial charge in [0, 0.05) is 81.7 Å². The van der Waals surface area contributed by atoms with Crippen LogP contribution in [0.3, 0.4) is 0 Å². The van der Waals surface area contributed by atoms with Crippen molar-refractivity contribution in [1.29, 1.82) is 5.41 Å². The highest BCUT2D eigenvalue weighted by Gasteiger charge is 2.40. The van der Waals surface area contributed by atoms with Crippen molar-refractivity contribution in [3.8, 4) is 0 Å². The number of nitrogens with one attached hydrogen (secondary N) is 3. The van der Waals surface area contributed by atoms with Gasteiger partial charge in [-0.3, -0.25) is 15.2 Å². The lowest BCUT2D eigenvalue weighted by molar-refractivity contribution is -0.130. The van der Waals surface area contributed by atoms with E-state index in [1.807, 2.05) is 15.9 Å². The molecule has 204 valence electrons. The molecule has 2 saturated heterocycles. The van der Waals surface area contributed by atoms with Gasteiger partial charge in [-0.25, -0.2) is 8.78 Å².